The van der Waals surface area contributed by atoms with Gasteiger partial charge in [0.15, 0.2) is 17.9 Å². The normalized spacial score (nSPS) is 47.8. The zero-order chi connectivity index (χ0) is 24.3. The first-order valence-electron chi connectivity index (χ1n) is 12.6. The molecule has 2 saturated heterocycles. The zero-order valence-electron chi connectivity index (χ0n) is 20.3. The van der Waals surface area contributed by atoms with Crippen LogP contribution in [0.15, 0.2) is 30.4 Å². The molecule has 6 heteroatoms. The van der Waals surface area contributed by atoms with E-state index in [1.54, 1.807) is 19.1 Å². The van der Waals surface area contributed by atoms with E-state index >= 15 is 0 Å². The molecular formula is C28H34O6. The molecule has 0 aromatic heterocycles. The first-order chi connectivity index (χ1) is 15.9. The molecule has 9 atom stereocenters. The van der Waals surface area contributed by atoms with Crippen molar-refractivity contribution in [2.75, 3.05) is 0 Å². The fourth-order valence-electron chi connectivity index (χ4n) is 7.58. The summed E-state index contributed by atoms with van der Waals surface area (Å²) in [6, 6.07) is 6.43. The average Bonchev–Trinajstić information content (AvgIpc) is 3.38. The Kier molecular flexibility index (Phi) is 4.57. The number of carbonyl (C=O) groups excluding carboxylic acids is 2. The lowest BCUT2D eigenvalue weighted by atomic mass is 9.47. The second-order valence-corrected chi connectivity index (χ2v) is 11.8. The van der Waals surface area contributed by atoms with Crippen molar-refractivity contribution in [3.8, 4) is 0 Å². The quantitative estimate of drug-likeness (QED) is 0.649. The van der Waals surface area contributed by atoms with Crippen LogP contribution < -0.4 is 0 Å². The third kappa shape index (κ3) is 2.66. The van der Waals surface area contributed by atoms with Gasteiger partial charge in [0.2, 0.25) is 0 Å². The first-order valence-corrected chi connectivity index (χ1v) is 12.6. The first kappa shape index (κ1) is 22.6. The maximum atomic E-state index is 13.2. The molecule has 2 N–H and O–H groups in total. The summed E-state index contributed by atoms with van der Waals surface area (Å²) in [5.74, 6) is -0.402. The van der Waals surface area contributed by atoms with Crippen LogP contribution in [0.4, 0.5) is 0 Å². The fraction of sp³-hybridized carbons (Fsp3) is 0.643. The highest BCUT2D eigenvalue weighted by atomic mass is 16.7. The Bertz CT molecular complexity index is 1130. The average molecular weight is 467 g/mol. The number of carbonyl (C=O) groups is 2. The van der Waals surface area contributed by atoms with E-state index in [0.717, 1.165) is 30.4 Å². The highest BCUT2D eigenvalue weighted by Gasteiger charge is 2.72. The van der Waals surface area contributed by atoms with Crippen LogP contribution in [0.5, 0.6) is 0 Å². The number of hydrogen-bond donors (Lipinski definition) is 2. The summed E-state index contributed by atoms with van der Waals surface area (Å²) in [5, 5.41) is 21.8. The molecule has 0 spiro atoms. The van der Waals surface area contributed by atoms with Crippen molar-refractivity contribution in [1.82, 2.24) is 0 Å². The Morgan fingerprint density at radius 3 is 2.68 bits per heavy atom. The van der Waals surface area contributed by atoms with E-state index < -0.39 is 22.9 Å². The van der Waals surface area contributed by atoms with Crippen LogP contribution in [-0.4, -0.2) is 51.0 Å². The van der Waals surface area contributed by atoms with Crippen molar-refractivity contribution < 1.29 is 29.3 Å². The molecule has 1 aromatic rings. The second-order valence-electron chi connectivity index (χ2n) is 11.8. The monoisotopic (exact) mass is 466 g/mol. The van der Waals surface area contributed by atoms with Gasteiger partial charge in [-0.1, -0.05) is 31.2 Å². The van der Waals surface area contributed by atoms with Crippen molar-refractivity contribution in [1.29, 1.82) is 0 Å². The summed E-state index contributed by atoms with van der Waals surface area (Å²) in [7, 11) is 0. The predicted octanol–water partition coefficient (Wildman–Crippen LogP) is 3.33. The van der Waals surface area contributed by atoms with Crippen molar-refractivity contribution >= 4 is 11.6 Å². The van der Waals surface area contributed by atoms with Gasteiger partial charge in [0.1, 0.15) is 16.8 Å². The molecule has 3 fully saturated rings. The van der Waals surface area contributed by atoms with Crippen LogP contribution in [0.1, 0.15) is 81.9 Å². The van der Waals surface area contributed by atoms with E-state index in [4.69, 9.17) is 9.47 Å². The minimum atomic E-state index is -1.60. The predicted molar refractivity (Wildman–Crippen MR) is 124 cm³/mol. The van der Waals surface area contributed by atoms with Crippen molar-refractivity contribution in [2.45, 2.75) is 101 Å². The van der Waals surface area contributed by atoms with Gasteiger partial charge in [-0.2, -0.15) is 0 Å². The van der Waals surface area contributed by atoms with Gasteiger partial charge in [-0.25, -0.2) is 0 Å². The summed E-state index contributed by atoms with van der Waals surface area (Å²) in [5.41, 5.74) is -0.179. The van der Waals surface area contributed by atoms with E-state index in [-0.39, 0.29) is 53.9 Å². The molecule has 5 aliphatic rings. The number of Topliss-reactive ketones (excluding diaryl/α,β-unsaturated/α-hetero) is 1. The third-order valence-corrected chi connectivity index (χ3v) is 10.3. The molecule has 0 radical (unpaired) electrons. The number of aliphatic hydroxyl groups is 2. The number of benzene rings is 1. The highest BCUT2D eigenvalue weighted by molar-refractivity contribution is 6.05. The van der Waals surface area contributed by atoms with Crippen molar-refractivity contribution in [3.63, 3.8) is 0 Å². The van der Waals surface area contributed by atoms with E-state index in [1.165, 1.54) is 5.56 Å². The summed E-state index contributed by atoms with van der Waals surface area (Å²) in [6.45, 7) is 7.86. The lowest BCUT2D eigenvalue weighted by Gasteiger charge is -2.56. The molecule has 1 saturated carbocycles. The van der Waals surface area contributed by atoms with Gasteiger partial charge in [-0.3, -0.25) is 9.59 Å². The number of rotatable bonds is 2. The number of ketones is 2. The van der Waals surface area contributed by atoms with E-state index in [9.17, 15) is 19.8 Å². The number of ether oxygens (including phenoxy) is 2. The molecule has 6 nitrogen and oxygen atoms in total. The standard InChI is InChI=1S/C28H34O6/c1-15(21-14-25(2)27(4,34-25)24(31)33-21)16-7-9-18-17(12-16)8-10-20-19(18)13-23(30)28(32)11-5-6-22(29)26(20,28)3/h5-7,9,12,15,19-21,24,31-32H,8,10-11,13-14H2,1-4H3/t15?,19-,20-,21?,24+,25-,26-,27+,28-/m0/s1. The molecule has 182 valence electrons. The number of aryl methyl sites for hydroxylation is 1. The van der Waals surface area contributed by atoms with Gasteiger partial charge in [0.25, 0.3) is 0 Å². The molecular weight excluding hydrogens is 432 g/mol. The van der Waals surface area contributed by atoms with Gasteiger partial charge < -0.3 is 19.7 Å². The Labute approximate surface area is 200 Å². The number of fused-ring (bicyclic) bond motifs is 6. The minimum absolute atomic E-state index is 0.0615. The molecule has 2 aliphatic heterocycles. The van der Waals surface area contributed by atoms with Gasteiger partial charge in [0.05, 0.1) is 11.5 Å². The Balaban J connectivity index is 1.30. The number of hydrogen-bond acceptors (Lipinski definition) is 6. The van der Waals surface area contributed by atoms with E-state index in [1.807, 2.05) is 13.8 Å². The van der Waals surface area contributed by atoms with Crippen LogP contribution in [0.25, 0.3) is 0 Å². The van der Waals surface area contributed by atoms with Crippen LogP contribution in [-0.2, 0) is 25.5 Å². The molecule has 2 unspecified atom stereocenters. The van der Waals surface area contributed by atoms with Gasteiger partial charge >= 0.3 is 0 Å². The van der Waals surface area contributed by atoms with Gasteiger partial charge in [-0.15, -0.1) is 0 Å². The SMILES string of the molecule is CC(c1ccc2c(c1)CC[C@H]1[C@H]2CC(=O)[C@@]2(O)CC=CC(=O)[C@]12C)C1C[C@]2(C)O[C@]2(C)[C@H](O)O1. The van der Waals surface area contributed by atoms with Crippen molar-refractivity contribution in [3.05, 3.63) is 47.0 Å². The summed E-state index contributed by atoms with van der Waals surface area (Å²) in [4.78, 5) is 26.2. The number of allylic oxidation sites excluding steroid dienone is 1. The second kappa shape index (κ2) is 6.88. The molecule has 1 aromatic carbocycles. The van der Waals surface area contributed by atoms with Crippen molar-refractivity contribution in [2.24, 2.45) is 11.3 Å². The lowest BCUT2D eigenvalue weighted by molar-refractivity contribution is -0.187. The number of epoxide rings is 1. The summed E-state index contributed by atoms with van der Waals surface area (Å²) in [6.07, 6.45) is 4.90. The van der Waals surface area contributed by atoms with Crippen LogP contribution in [0, 0.1) is 11.3 Å². The van der Waals surface area contributed by atoms with E-state index in [2.05, 4.69) is 25.1 Å². The molecule has 6 rings (SSSR count). The topological polar surface area (TPSA) is 96.4 Å². The maximum Gasteiger partial charge on any atom is 0.186 e. The molecule has 34 heavy (non-hydrogen) atoms. The summed E-state index contributed by atoms with van der Waals surface area (Å²) < 4.78 is 11.8. The Morgan fingerprint density at radius 2 is 1.94 bits per heavy atom. The summed E-state index contributed by atoms with van der Waals surface area (Å²) >= 11 is 0. The van der Waals surface area contributed by atoms with Crippen LogP contribution in [0.2, 0.25) is 0 Å². The fourth-order valence-corrected chi connectivity index (χ4v) is 7.58. The largest absolute Gasteiger partial charge is 0.381 e. The molecule has 2 heterocycles. The Hall–Kier alpha value is -1.86. The van der Waals surface area contributed by atoms with Gasteiger partial charge in [0, 0.05) is 25.2 Å². The third-order valence-electron chi connectivity index (χ3n) is 10.3. The smallest absolute Gasteiger partial charge is 0.186 e. The highest BCUT2D eigenvalue weighted by Crippen LogP contribution is 2.60. The minimum Gasteiger partial charge on any atom is -0.381 e. The lowest BCUT2D eigenvalue weighted by Crippen LogP contribution is -2.65. The van der Waals surface area contributed by atoms with Gasteiger partial charge in [-0.05, 0) is 68.2 Å². The maximum absolute atomic E-state index is 13.2. The Morgan fingerprint density at radius 1 is 1.18 bits per heavy atom. The molecule has 0 bridgehead atoms. The molecule has 0 amide bonds. The molecule has 3 aliphatic carbocycles. The zero-order valence-corrected chi connectivity index (χ0v) is 20.3. The van der Waals surface area contributed by atoms with Crippen LogP contribution >= 0.6 is 0 Å². The number of aliphatic hydroxyl groups excluding tert-OH is 1. The van der Waals surface area contributed by atoms with E-state index in [0.29, 0.717) is 0 Å². The van der Waals surface area contributed by atoms with Crippen LogP contribution in [0.3, 0.4) is 0 Å².